The van der Waals surface area contributed by atoms with Crippen LogP contribution in [0.1, 0.15) is 38.8 Å². The summed E-state index contributed by atoms with van der Waals surface area (Å²) in [4.78, 5) is 19.4. The molecule has 0 fully saturated rings. The van der Waals surface area contributed by atoms with Crippen molar-refractivity contribution in [1.29, 1.82) is 0 Å². The Hall–Kier alpha value is -2.73. The number of nitrogens with zero attached hydrogens (tertiary/aromatic N) is 4. The maximum absolute atomic E-state index is 12.7. The molecule has 6 heteroatoms. The Labute approximate surface area is 189 Å². The minimum atomic E-state index is 0.0816. The highest BCUT2D eigenvalue weighted by atomic mass is 32.2. The first-order valence-corrected chi connectivity index (χ1v) is 11.6. The van der Waals surface area contributed by atoms with E-state index in [4.69, 9.17) is 4.98 Å². The molecule has 3 rings (SSSR count). The van der Waals surface area contributed by atoms with Gasteiger partial charge in [0.05, 0.1) is 5.75 Å². The molecule has 2 aromatic carbocycles. The first kappa shape index (κ1) is 22.9. The van der Waals surface area contributed by atoms with Crippen LogP contribution in [-0.4, -0.2) is 43.8 Å². The molecule has 0 saturated carbocycles. The van der Waals surface area contributed by atoms with Crippen LogP contribution >= 0.6 is 11.8 Å². The smallest absolute Gasteiger partial charge is 0.233 e. The highest BCUT2D eigenvalue weighted by Gasteiger charge is 2.21. The lowest BCUT2D eigenvalue weighted by atomic mass is 10.0. The normalized spacial score (nSPS) is 11.2. The Kier molecular flexibility index (Phi) is 7.44. The summed E-state index contributed by atoms with van der Waals surface area (Å²) in [5.41, 5.74) is 5.84. The predicted molar refractivity (Wildman–Crippen MR) is 128 cm³/mol. The maximum Gasteiger partial charge on any atom is 0.233 e. The highest BCUT2D eigenvalue weighted by Crippen LogP contribution is 2.30. The molecule has 0 aliphatic heterocycles. The van der Waals surface area contributed by atoms with Crippen LogP contribution in [0.4, 0.5) is 0 Å². The van der Waals surface area contributed by atoms with E-state index in [0.29, 0.717) is 5.16 Å². The molecule has 0 unspecified atom stereocenters. The van der Waals surface area contributed by atoms with Gasteiger partial charge in [-0.1, -0.05) is 71.4 Å². The molecule has 0 atom stereocenters. The second-order valence-electron chi connectivity index (χ2n) is 8.30. The van der Waals surface area contributed by atoms with Crippen LogP contribution in [0.25, 0.3) is 22.5 Å². The summed E-state index contributed by atoms with van der Waals surface area (Å²) in [6, 6.07) is 16.7. The van der Waals surface area contributed by atoms with Crippen molar-refractivity contribution in [3.8, 4) is 22.5 Å². The largest absolute Gasteiger partial charge is 0.337 e. The van der Waals surface area contributed by atoms with E-state index < -0.39 is 0 Å². The molecular weight excluding hydrogens is 404 g/mol. The number of carbonyl (C=O) groups excluding carboxylic acids is 1. The van der Waals surface area contributed by atoms with Crippen molar-refractivity contribution in [2.24, 2.45) is 0 Å². The third kappa shape index (κ3) is 5.70. The average Bonchev–Trinajstić information content (AvgIpc) is 2.73. The Balaban J connectivity index is 1.93. The first-order chi connectivity index (χ1) is 14.8. The molecule has 0 aliphatic rings. The molecule has 3 aromatic rings. The number of hydrogen-bond donors (Lipinski definition) is 0. The standard InChI is InChI=1S/C25H30N4OS/c1-16(2)29(17(3)4)22(30)15-31-25-26-23(20-11-7-18(5)8-12-20)24(27-28-25)21-13-9-19(6)10-14-21/h7-14,16-17H,15H2,1-6H3. The second kappa shape index (κ2) is 10.1. The Morgan fingerprint density at radius 1 is 0.806 bits per heavy atom. The zero-order valence-electron chi connectivity index (χ0n) is 19.1. The summed E-state index contributed by atoms with van der Waals surface area (Å²) >= 11 is 1.33. The minimum absolute atomic E-state index is 0.0816. The van der Waals surface area contributed by atoms with Crippen molar-refractivity contribution < 1.29 is 4.79 Å². The quantitative estimate of drug-likeness (QED) is 0.456. The lowest BCUT2D eigenvalue weighted by molar-refractivity contribution is -0.131. The van der Waals surface area contributed by atoms with Crippen LogP contribution in [0.3, 0.4) is 0 Å². The van der Waals surface area contributed by atoms with Gasteiger partial charge in [-0.3, -0.25) is 4.79 Å². The highest BCUT2D eigenvalue weighted by molar-refractivity contribution is 7.99. The summed E-state index contributed by atoms with van der Waals surface area (Å²) in [6.07, 6.45) is 0. The number of rotatable bonds is 7. The molecule has 1 heterocycles. The van der Waals surface area contributed by atoms with E-state index in [9.17, 15) is 4.79 Å². The van der Waals surface area contributed by atoms with Crippen molar-refractivity contribution in [1.82, 2.24) is 20.1 Å². The van der Waals surface area contributed by atoms with Crippen molar-refractivity contribution in [3.63, 3.8) is 0 Å². The van der Waals surface area contributed by atoms with Crippen LogP contribution in [0.5, 0.6) is 0 Å². The fraction of sp³-hybridized carbons (Fsp3) is 0.360. The number of aryl methyl sites for hydroxylation is 2. The van der Waals surface area contributed by atoms with Gasteiger partial charge < -0.3 is 4.90 Å². The van der Waals surface area contributed by atoms with E-state index >= 15 is 0 Å². The van der Waals surface area contributed by atoms with E-state index in [1.165, 1.54) is 22.9 Å². The third-order valence-electron chi connectivity index (χ3n) is 5.04. The molecule has 5 nitrogen and oxygen atoms in total. The summed E-state index contributed by atoms with van der Waals surface area (Å²) in [6.45, 7) is 12.3. The number of aromatic nitrogens is 3. The van der Waals surface area contributed by atoms with E-state index in [2.05, 4.69) is 60.4 Å². The lowest BCUT2D eigenvalue weighted by Gasteiger charge is -2.30. The zero-order valence-corrected chi connectivity index (χ0v) is 19.9. The molecule has 0 spiro atoms. The predicted octanol–water partition coefficient (Wildman–Crippen LogP) is 5.56. The zero-order chi connectivity index (χ0) is 22.5. The van der Waals surface area contributed by atoms with Gasteiger partial charge in [-0.05, 0) is 41.5 Å². The lowest BCUT2D eigenvalue weighted by Crippen LogP contribution is -2.43. The molecule has 1 aromatic heterocycles. The van der Waals surface area contributed by atoms with Crippen molar-refractivity contribution in [3.05, 3.63) is 59.7 Å². The van der Waals surface area contributed by atoms with Crippen LogP contribution in [-0.2, 0) is 4.79 Å². The molecule has 0 bridgehead atoms. The molecule has 1 amide bonds. The second-order valence-corrected chi connectivity index (χ2v) is 9.24. The Bertz CT molecular complexity index is 1020. The van der Waals surface area contributed by atoms with Gasteiger partial charge in [0.15, 0.2) is 0 Å². The van der Waals surface area contributed by atoms with E-state index in [1.54, 1.807) is 0 Å². The number of amides is 1. The Morgan fingerprint density at radius 3 is 1.77 bits per heavy atom. The summed E-state index contributed by atoms with van der Waals surface area (Å²) in [5, 5.41) is 9.35. The first-order valence-electron chi connectivity index (χ1n) is 10.6. The molecular formula is C25H30N4OS. The molecule has 0 N–H and O–H groups in total. The van der Waals surface area contributed by atoms with Crippen molar-refractivity contribution >= 4 is 17.7 Å². The van der Waals surface area contributed by atoms with E-state index in [-0.39, 0.29) is 23.7 Å². The molecule has 31 heavy (non-hydrogen) atoms. The fourth-order valence-corrected chi connectivity index (χ4v) is 4.22. The van der Waals surface area contributed by atoms with Gasteiger partial charge in [-0.25, -0.2) is 4.98 Å². The topological polar surface area (TPSA) is 59.0 Å². The fourth-order valence-electron chi connectivity index (χ4n) is 3.56. The monoisotopic (exact) mass is 434 g/mol. The average molecular weight is 435 g/mol. The van der Waals surface area contributed by atoms with Crippen molar-refractivity contribution in [2.75, 3.05) is 5.75 Å². The number of hydrogen-bond acceptors (Lipinski definition) is 5. The number of carbonyl (C=O) groups is 1. The molecule has 0 saturated heterocycles. The minimum Gasteiger partial charge on any atom is -0.337 e. The summed E-state index contributed by atoms with van der Waals surface area (Å²) in [7, 11) is 0. The molecule has 162 valence electrons. The third-order valence-corrected chi connectivity index (χ3v) is 5.87. The van der Waals surface area contributed by atoms with Gasteiger partial charge in [-0.15, -0.1) is 10.2 Å². The summed E-state index contributed by atoms with van der Waals surface area (Å²) in [5.74, 6) is 0.369. The maximum atomic E-state index is 12.7. The van der Waals surface area contributed by atoms with Crippen LogP contribution in [0.15, 0.2) is 53.7 Å². The van der Waals surface area contributed by atoms with Crippen LogP contribution < -0.4 is 0 Å². The van der Waals surface area contributed by atoms with Gasteiger partial charge in [0.2, 0.25) is 11.1 Å². The molecule has 0 aliphatic carbocycles. The van der Waals surface area contributed by atoms with Gasteiger partial charge in [-0.2, -0.15) is 0 Å². The van der Waals surface area contributed by atoms with Gasteiger partial charge in [0, 0.05) is 23.2 Å². The number of thioether (sulfide) groups is 1. The number of benzene rings is 2. The molecule has 0 radical (unpaired) electrons. The van der Waals surface area contributed by atoms with E-state index in [0.717, 1.165) is 22.5 Å². The van der Waals surface area contributed by atoms with Gasteiger partial charge in [0.25, 0.3) is 0 Å². The van der Waals surface area contributed by atoms with E-state index in [1.807, 2.05) is 44.7 Å². The van der Waals surface area contributed by atoms with Crippen molar-refractivity contribution in [2.45, 2.75) is 58.8 Å². The summed E-state index contributed by atoms with van der Waals surface area (Å²) < 4.78 is 0. The Morgan fingerprint density at radius 2 is 1.29 bits per heavy atom. The van der Waals surface area contributed by atoms with Gasteiger partial charge >= 0.3 is 0 Å². The van der Waals surface area contributed by atoms with Gasteiger partial charge in [0.1, 0.15) is 11.4 Å². The van der Waals surface area contributed by atoms with Crippen LogP contribution in [0.2, 0.25) is 0 Å². The van der Waals surface area contributed by atoms with Crippen LogP contribution in [0, 0.1) is 13.8 Å². The SMILES string of the molecule is Cc1ccc(-c2nnc(SCC(=O)N(C(C)C)C(C)C)nc2-c2ccc(C)cc2)cc1.